The molecule has 1 heterocycles. The van der Waals surface area contributed by atoms with Crippen LogP contribution in [0.2, 0.25) is 0 Å². The van der Waals surface area contributed by atoms with Crippen molar-refractivity contribution in [2.75, 3.05) is 0 Å². The number of Topliss-reactive ketones (excluding diaryl/α,β-unsaturated/α-hetero) is 1. The van der Waals surface area contributed by atoms with Crippen LogP contribution in [0.15, 0.2) is 42.2 Å². The predicted octanol–water partition coefficient (Wildman–Crippen LogP) is 4.34. The van der Waals surface area contributed by atoms with Crippen LogP contribution in [-0.2, 0) is 16.6 Å². The van der Waals surface area contributed by atoms with Gasteiger partial charge in [0.05, 0.1) is 12.0 Å². The van der Waals surface area contributed by atoms with E-state index in [1.807, 2.05) is 32.0 Å². The number of aromatic amines is 1. The molecule has 1 aromatic heterocycles. The third-order valence-corrected chi connectivity index (χ3v) is 6.40. The van der Waals surface area contributed by atoms with Gasteiger partial charge in [-0.15, -0.1) is 0 Å². The minimum absolute atomic E-state index is 0.0729. The Morgan fingerprint density at radius 1 is 1.24 bits per heavy atom. The first-order valence-corrected chi connectivity index (χ1v) is 8.91. The van der Waals surface area contributed by atoms with Crippen LogP contribution in [0.25, 0.3) is 11.3 Å². The maximum absolute atomic E-state index is 12.8. The lowest BCUT2D eigenvalue weighted by Gasteiger charge is -2.52. The van der Waals surface area contributed by atoms with Crippen molar-refractivity contribution >= 4 is 5.78 Å². The zero-order chi connectivity index (χ0) is 17.8. The molecular formula is C21H24N2O2. The van der Waals surface area contributed by atoms with Crippen molar-refractivity contribution < 1.29 is 9.90 Å². The van der Waals surface area contributed by atoms with Gasteiger partial charge in [-0.3, -0.25) is 9.89 Å². The summed E-state index contributed by atoms with van der Waals surface area (Å²) in [6.07, 6.45) is 3.44. The number of nitrogens with one attached hydrogen (secondary N) is 1. The highest BCUT2D eigenvalue weighted by Crippen LogP contribution is 2.57. The van der Waals surface area contributed by atoms with Crippen LogP contribution in [0.4, 0.5) is 0 Å². The fourth-order valence-electron chi connectivity index (χ4n) is 5.22. The van der Waals surface area contributed by atoms with Crippen LogP contribution in [0.1, 0.15) is 44.9 Å². The monoisotopic (exact) mass is 336 g/mol. The number of carbonyl (C=O) groups excluding carboxylic acids is 1. The Balaban J connectivity index is 1.86. The van der Waals surface area contributed by atoms with Gasteiger partial charge in [0.2, 0.25) is 0 Å². The summed E-state index contributed by atoms with van der Waals surface area (Å²) in [6, 6.07) is 10.2. The lowest BCUT2D eigenvalue weighted by molar-refractivity contribution is -0.131. The van der Waals surface area contributed by atoms with E-state index >= 15 is 0 Å². The largest absolute Gasteiger partial charge is 0.515 e. The van der Waals surface area contributed by atoms with Crippen molar-refractivity contribution in [1.82, 2.24) is 10.2 Å². The second-order valence-corrected chi connectivity index (χ2v) is 8.18. The molecule has 4 heteroatoms. The van der Waals surface area contributed by atoms with Crippen LogP contribution >= 0.6 is 0 Å². The van der Waals surface area contributed by atoms with E-state index in [0.717, 1.165) is 36.1 Å². The van der Waals surface area contributed by atoms with Gasteiger partial charge in [-0.2, -0.15) is 5.10 Å². The Labute approximate surface area is 148 Å². The number of hydrogen-bond donors (Lipinski definition) is 2. The fraction of sp³-hybridized carbons (Fsp3) is 0.429. The third-order valence-electron chi connectivity index (χ3n) is 6.40. The number of benzene rings is 1. The van der Waals surface area contributed by atoms with Crippen molar-refractivity contribution in [3.05, 3.63) is 53.4 Å². The summed E-state index contributed by atoms with van der Waals surface area (Å²) in [6.45, 7) is 6.24. The molecule has 2 N–H and O–H groups in total. The van der Waals surface area contributed by atoms with Gasteiger partial charge >= 0.3 is 0 Å². The highest BCUT2D eigenvalue weighted by molar-refractivity contribution is 6.01. The van der Waals surface area contributed by atoms with Crippen LogP contribution in [-0.4, -0.2) is 21.1 Å². The van der Waals surface area contributed by atoms with Crippen LogP contribution in [0, 0.1) is 11.3 Å². The molecule has 0 unspecified atom stereocenters. The quantitative estimate of drug-likeness (QED) is 0.601. The molecule has 130 valence electrons. The highest BCUT2D eigenvalue weighted by Gasteiger charge is 2.56. The number of hydrogen-bond acceptors (Lipinski definition) is 3. The molecule has 4 nitrogen and oxygen atoms in total. The average molecular weight is 336 g/mol. The third kappa shape index (κ3) is 2.13. The number of allylic oxidation sites excluding steroid dienone is 1. The molecule has 0 bridgehead atoms. The summed E-state index contributed by atoms with van der Waals surface area (Å²) in [5.41, 5.74) is 4.32. The molecule has 1 fully saturated rings. The second kappa shape index (κ2) is 5.32. The van der Waals surface area contributed by atoms with Gasteiger partial charge in [0.25, 0.3) is 0 Å². The lowest BCUT2D eigenvalue weighted by Crippen LogP contribution is -2.53. The molecule has 0 radical (unpaired) electrons. The van der Waals surface area contributed by atoms with Crippen molar-refractivity contribution in [1.29, 1.82) is 0 Å². The van der Waals surface area contributed by atoms with E-state index in [2.05, 4.69) is 29.3 Å². The minimum atomic E-state index is -0.489. The first kappa shape index (κ1) is 16.1. The normalized spacial score (nSPS) is 29.3. The Hall–Kier alpha value is -2.36. The summed E-state index contributed by atoms with van der Waals surface area (Å²) in [5, 5.41) is 17.5. The fourth-order valence-corrected chi connectivity index (χ4v) is 5.22. The molecule has 0 saturated heterocycles. The first-order valence-electron chi connectivity index (χ1n) is 8.91. The van der Waals surface area contributed by atoms with E-state index in [1.54, 1.807) is 0 Å². The van der Waals surface area contributed by atoms with E-state index in [-0.39, 0.29) is 17.1 Å². The number of nitrogens with zero attached hydrogens (tertiary/aromatic N) is 1. The number of aromatic nitrogens is 2. The average Bonchev–Trinajstić information content (AvgIpc) is 3.04. The summed E-state index contributed by atoms with van der Waals surface area (Å²) in [7, 11) is 0. The molecule has 2 atom stereocenters. The van der Waals surface area contributed by atoms with Gasteiger partial charge in [0.1, 0.15) is 0 Å². The molecule has 25 heavy (non-hydrogen) atoms. The Bertz CT molecular complexity index is 863. The number of H-pyrrole nitrogens is 1. The number of ketones is 1. The van der Waals surface area contributed by atoms with E-state index in [4.69, 9.17) is 0 Å². The Kier molecular flexibility index (Phi) is 3.43. The molecule has 2 aliphatic carbocycles. The molecule has 0 amide bonds. The first-order chi connectivity index (χ1) is 11.9. The maximum atomic E-state index is 12.8. The highest BCUT2D eigenvalue weighted by atomic mass is 16.2. The molecule has 1 aromatic carbocycles. The lowest BCUT2D eigenvalue weighted by atomic mass is 9.50. The van der Waals surface area contributed by atoms with E-state index < -0.39 is 5.41 Å². The van der Waals surface area contributed by atoms with Crippen LogP contribution < -0.4 is 0 Å². The minimum Gasteiger partial charge on any atom is -0.515 e. The van der Waals surface area contributed by atoms with Gasteiger partial charge in [-0.25, -0.2) is 0 Å². The van der Waals surface area contributed by atoms with Gasteiger partial charge in [-0.1, -0.05) is 51.1 Å². The van der Waals surface area contributed by atoms with Crippen molar-refractivity contribution in [2.24, 2.45) is 11.3 Å². The van der Waals surface area contributed by atoms with Gasteiger partial charge in [0.15, 0.2) is 5.78 Å². The predicted molar refractivity (Wildman–Crippen MR) is 97.3 cm³/mol. The molecule has 0 aliphatic heterocycles. The standard InChI is InChI=1S/C21H24N2O2/c1-20(2)16-10-9-15-17(13-7-5-4-6-8-13)22-23-18(15)21(16,3)11-14(12-24)19(20)25/h4-8,12,16,24H,9-11H2,1-3H3,(H,22,23)/b14-12-/t16-,21-/m0/s1. The van der Waals surface area contributed by atoms with Crippen molar-refractivity contribution in [2.45, 2.75) is 45.4 Å². The Morgan fingerprint density at radius 3 is 2.64 bits per heavy atom. The zero-order valence-electron chi connectivity index (χ0n) is 15.0. The molecule has 4 rings (SSSR count). The van der Waals surface area contributed by atoms with Gasteiger partial charge in [0, 0.05) is 33.2 Å². The topological polar surface area (TPSA) is 66.0 Å². The number of aliphatic hydroxyl groups is 1. The number of fused-ring (bicyclic) bond motifs is 3. The van der Waals surface area contributed by atoms with Crippen molar-refractivity contribution in [3.8, 4) is 11.3 Å². The molecule has 1 saturated carbocycles. The number of aliphatic hydroxyl groups excluding tert-OH is 1. The van der Waals surface area contributed by atoms with Crippen LogP contribution in [0.3, 0.4) is 0 Å². The van der Waals surface area contributed by atoms with Crippen LogP contribution in [0.5, 0.6) is 0 Å². The second-order valence-electron chi connectivity index (χ2n) is 8.18. The Morgan fingerprint density at radius 2 is 1.96 bits per heavy atom. The molecule has 2 aromatic rings. The zero-order valence-corrected chi connectivity index (χ0v) is 15.0. The van der Waals surface area contributed by atoms with Crippen molar-refractivity contribution in [3.63, 3.8) is 0 Å². The summed E-state index contributed by atoms with van der Waals surface area (Å²) in [5.74, 6) is 0.302. The number of carbonyl (C=O) groups is 1. The molecular weight excluding hydrogens is 312 g/mol. The molecule has 2 aliphatic rings. The molecule has 0 spiro atoms. The number of rotatable bonds is 1. The summed E-state index contributed by atoms with van der Waals surface area (Å²) >= 11 is 0. The summed E-state index contributed by atoms with van der Waals surface area (Å²) in [4.78, 5) is 12.8. The maximum Gasteiger partial charge on any atom is 0.167 e. The smallest absolute Gasteiger partial charge is 0.167 e. The van der Waals surface area contributed by atoms with E-state index in [1.165, 1.54) is 5.56 Å². The van der Waals surface area contributed by atoms with E-state index in [9.17, 15) is 9.90 Å². The van der Waals surface area contributed by atoms with E-state index in [0.29, 0.717) is 12.0 Å². The van der Waals surface area contributed by atoms with Gasteiger partial charge in [-0.05, 0) is 25.2 Å². The SMILES string of the molecule is CC1(C)C(=O)/C(=C\O)C[C@]2(C)c3[nH]nc(-c4ccccc4)c3CC[C@@H]12. The summed E-state index contributed by atoms with van der Waals surface area (Å²) < 4.78 is 0. The van der Waals surface area contributed by atoms with Gasteiger partial charge < -0.3 is 5.11 Å².